The van der Waals surface area contributed by atoms with Crippen molar-refractivity contribution in [1.82, 2.24) is 10.3 Å². The van der Waals surface area contributed by atoms with Crippen LogP contribution in [0.3, 0.4) is 0 Å². The fourth-order valence-corrected chi connectivity index (χ4v) is 1.91. The van der Waals surface area contributed by atoms with Crippen LogP contribution in [0.4, 0.5) is 0 Å². The van der Waals surface area contributed by atoms with E-state index >= 15 is 0 Å². The Morgan fingerprint density at radius 1 is 1.36 bits per heavy atom. The molecule has 0 spiro atoms. The maximum Gasteiger partial charge on any atom is 0.0458 e. The summed E-state index contributed by atoms with van der Waals surface area (Å²) in [4.78, 5) is 3.41. The Balaban J connectivity index is 0.00000112. The highest BCUT2D eigenvalue weighted by Crippen LogP contribution is 2.21. The largest absolute Gasteiger partial charge is 0.358 e. The third-order valence-corrected chi connectivity index (χ3v) is 2.65. The maximum absolute atomic E-state index is 3.41. The van der Waals surface area contributed by atoms with Crippen LogP contribution in [0.25, 0.3) is 10.9 Å². The van der Waals surface area contributed by atoms with Crippen molar-refractivity contribution in [1.29, 1.82) is 0 Å². The number of aromatic nitrogens is 1. The van der Waals surface area contributed by atoms with Crippen molar-refractivity contribution in [2.45, 2.75) is 13.3 Å². The van der Waals surface area contributed by atoms with Crippen molar-refractivity contribution < 1.29 is 1.43 Å². The molecule has 0 saturated carbocycles. The van der Waals surface area contributed by atoms with E-state index in [1.807, 2.05) is 7.05 Å². The molecule has 2 N–H and O–H groups in total. The number of likely N-dealkylation sites (N-methyl/N-ethyl adjacent to an activating group) is 1. The molecule has 0 atom stereocenters. The maximum atomic E-state index is 3.41. The van der Waals surface area contributed by atoms with E-state index in [4.69, 9.17) is 0 Å². The van der Waals surface area contributed by atoms with Gasteiger partial charge in [0.15, 0.2) is 0 Å². The molecule has 2 aromatic rings. The van der Waals surface area contributed by atoms with Gasteiger partial charge in [0, 0.05) is 18.0 Å². The van der Waals surface area contributed by atoms with Crippen LogP contribution in [0, 0.1) is 6.92 Å². The lowest BCUT2D eigenvalue weighted by molar-refractivity contribution is 0.791. The van der Waals surface area contributed by atoms with E-state index in [1.165, 1.54) is 22.2 Å². The van der Waals surface area contributed by atoms with Gasteiger partial charge in [-0.15, -0.1) is 0 Å². The highest BCUT2D eigenvalue weighted by molar-refractivity contribution is 5.84. The lowest BCUT2D eigenvalue weighted by Gasteiger charge is -2.00. The number of para-hydroxylation sites is 1. The van der Waals surface area contributed by atoms with Crippen LogP contribution in [0.1, 0.15) is 12.7 Å². The van der Waals surface area contributed by atoms with Crippen LogP contribution < -0.4 is 5.32 Å². The number of fused-ring (bicyclic) bond motifs is 1. The van der Waals surface area contributed by atoms with Crippen LogP contribution in [0.5, 0.6) is 0 Å². The second-order valence-electron chi connectivity index (χ2n) is 3.63. The zero-order chi connectivity index (χ0) is 9.97. The molecule has 1 heterocycles. The number of rotatable bonds is 3. The van der Waals surface area contributed by atoms with Crippen molar-refractivity contribution in [2.75, 3.05) is 13.6 Å². The van der Waals surface area contributed by atoms with E-state index in [9.17, 15) is 0 Å². The summed E-state index contributed by atoms with van der Waals surface area (Å²) in [6.45, 7) is 3.17. The lowest BCUT2D eigenvalue weighted by Crippen LogP contribution is -2.10. The van der Waals surface area contributed by atoms with Gasteiger partial charge in [0.2, 0.25) is 0 Å². The number of nitrogens with one attached hydrogen (secondary N) is 2. The topological polar surface area (TPSA) is 27.8 Å². The molecular formula is C12H18N2. The first kappa shape index (κ1) is 9.28. The molecule has 0 saturated heterocycles. The summed E-state index contributed by atoms with van der Waals surface area (Å²) in [6, 6.07) is 8.48. The number of hydrogen-bond acceptors (Lipinski definition) is 1. The molecule has 2 nitrogen and oxygen atoms in total. The number of aryl methyl sites for hydroxylation is 1. The molecule has 1 aromatic carbocycles. The standard InChI is InChI=1S/C12H16N2.H2/c1-9-10(7-8-13-2)11-5-3-4-6-12(11)14-9;/h3-6,13-14H,7-8H2,1-2H3;1H. The van der Waals surface area contributed by atoms with Crippen molar-refractivity contribution in [3.05, 3.63) is 35.5 Å². The first-order valence-corrected chi connectivity index (χ1v) is 5.03. The number of hydrogen-bond donors (Lipinski definition) is 2. The van der Waals surface area contributed by atoms with Crippen molar-refractivity contribution >= 4 is 10.9 Å². The monoisotopic (exact) mass is 190 g/mol. The molecular weight excluding hydrogens is 172 g/mol. The molecule has 0 aliphatic carbocycles. The quantitative estimate of drug-likeness (QED) is 0.764. The minimum atomic E-state index is 0. The summed E-state index contributed by atoms with van der Waals surface area (Å²) < 4.78 is 0. The van der Waals surface area contributed by atoms with E-state index in [0.29, 0.717) is 0 Å². The molecule has 0 radical (unpaired) electrons. The molecule has 76 valence electrons. The van der Waals surface area contributed by atoms with Crippen molar-refractivity contribution in [2.24, 2.45) is 0 Å². The smallest absolute Gasteiger partial charge is 0.0458 e. The SMILES string of the molecule is CNCCc1c(C)[nH]c2ccccc12.[HH]. The Kier molecular flexibility index (Phi) is 2.55. The Morgan fingerprint density at radius 3 is 2.93 bits per heavy atom. The predicted octanol–water partition coefficient (Wildman–Crippen LogP) is 2.48. The van der Waals surface area contributed by atoms with Gasteiger partial charge in [0.25, 0.3) is 0 Å². The number of aromatic amines is 1. The predicted molar refractivity (Wildman–Crippen MR) is 62.8 cm³/mol. The fourth-order valence-electron chi connectivity index (χ4n) is 1.91. The Labute approximate surface area is 85.8 Å². The third kappa shape index (κ3) is 1.53. The van der Waals surface area contributed by atoms with E-state index in [2.05, 4.69) is 41.5 Å². The molecule has 1 aromatic heterocycles. The van der Waals surface area contributed by atoms with Gasteiger partial charge < -0.3 is 10.3 Å². The van der Waals surface area contributed by atoms with Crippen LogP contribution in [0.2, 0.25) is 0 Å². The van der Waals surface area contributed by atoms with Crippen LogP contribution in [-0.4, -0.2) is 18.6 Å². The van der Waals surface area contributed by atoms with Gasteiger partial charge in [-0.1, -0.05) is 18.2 Å². The molecule has 0 aliphatic heterocycles. The van der Waals surface area contributed by atoms with Crippen LogP contribution >= 0.6 is 0 Å². The minimum absolute atomic E-state index is 0. The zero-order valence-electron chi connectivity index (χ0n) is 8.72. The Morgan fingerprint density at radius 2 is 2.14 bits per heavy atom. The first-order valence-electron chi connectivity index (χ1n) is 5.03. The van der Waals surface area contributed by atoms with E-state index in [0.717, 1.165) is 13.0 Å². The molecule has 0 unspecified atom stereocenters. The minimum Gasteiger partial charge on any atom is -0.358 e. The lowest BCUT2D eigenvalue weighted by atomic mass is 10.1. The first-order chi connectivity index (χ1) is 6.83. The molecule has 2 rings (SSSR count). The van der Waals surface area contributed by atoms with Crippen LogP contribution in [0.15, 0.2) is 24.3 Å². The molecule has 0 fully saturated rings. The average Bonchev–Trinajstić information content (AvgIpc) is 2.51. The zero-order valence-corrected chi connectivity index (χ0v) is 8.72. The third-order valence-electron chi connectivity index (χ3n) is 2.65. The molecule has 0 aliphatic rings. The van der Waals surface area contributed by atoms with Gasteiger partial charge in [-0.25, -0.2) is 0 Å². The number of H-pyrrole nitrogens is 1. The summed E-state index contributed by atoms with van der Waals surface area (Å²) in [5, 5.41) is 4.55. The van der Waals surface area contributed by atoms with Gasteiger partial charge in [-0.2, -0.15) is 0 Å². The molecule has 0 bridgehead atoms. The van der Waals surface area contributed by atoms with Gasteiger partial charge in [-0.05, 0) is 38.6 Å². The second kappa shape index (κ2) is 3.84. The molecule has 0 amide bonds. The Bertz CT molecular complexity index is 434. The summed E-state index contributed by atoms with van der Waals surface area (Å²) in [7, 11) is 1.99. The molecule has 2 heteroatoms. The van der Waals surface area contributed by atoms with Gasteiger partial charge >= 0.3 is 0 Å². The van der Waals surface area contributed by atoms with Gasteiger partial charge in [0.1, 0.15) is 0 Å². The number of benzene rings is 1. The van der Waals surface area contributed by atoms with Gasteiger partial charge in [-0.3, -0.25) is 0 Å². The second-order valence-corrected chi connectivity index (χ2v) is 3.63. The van der Waals surface area contributed by atoms with Gasteiger partial charge in [0.05, 0.1) is 0 Å². The van der Waals surface area contributed by atoms with E-state index < -0.39 is 0 Å². The summed E-state index contributed by atoms with van der Waals surface area (Å²) in [5.41, 5.74) is 3.98. The normalized spacial score (nSPS) is 11.0. The van der Waals surface area contributed by atoms with Crippen molar-refractivity contribution in [3.8, 4) is 0 Å². The highest BCUT2D eigenvalue weighted by Gasteiger charge is 2.06. The summed E-state index contributed by atoms with van der Waals surface area (Å²) in [5.74, 6) is 0. The van der Waals surface area contributed by atoms with E-state index in [1.54, 1.807) is 0 Å². The van der Waals surface area contributed by atoms with Crippen molar-refractivity contribution in [3.63, 3.8) is 0 Å². The van der Waals surface area contributed by atoms with E-state index in [-0.39, 0.29) is 1.43 Å². The highest BCUT2D eigenvalue weighted by atomic mass is 14.8. The Hall–Kier alpha value is -1.28. The average molecular weight is 190 g/mol. The summed E-state index contributed by atoms with van der Waals surface area (Å²) >= 11 is 0. The molecule has 14 heavy (non-hydrogen) atoms. The summed E-state index contributed by atoms with van der Waals surface area (Å²) in [6.07, 6.45) is 1.09. The fraction of sp³-hybridized carbons (Fsp3) is 0.333. The van der Waals surface area contributed by atoms with Crippen LogP contribution in [-0.2, 0) is 6.42 Å².